The summed E-state index contributed by atoms with van der Waals surface area (Å²) >= 11 is 0. The van der Waals surface area contributed by atoms with Gasteiger partial charge in [0.05, 0.1) is 18.6 Å². The molecule has 4 heteroatoms. The van der Waals surface area contributed by atoms with Gasteiger partial charge in [0, 0.05) is 25.1 Å². The Bertz CT molecular complexity index is 855. The highest BCUT2D eigenvalue weighted by Crippen LogP contribution is 2.30. The van der Waals surface area contributed by atoms with Gasteiger partial charge in [0.1, 0.15) is 0 Å². The van der Waals surface area contributed by atoms with Crippen molar-refractivity contribution in [2.24, 2.45) is 0 Å². The van der Waals surface area contributed by atoms with Gasteiger partial charge in [0.15, 0.2) is 0 Å². The Labute approximate surface area is 154 Å². The molecule has 0 aliphatic rings. The van der Waals surface area contributed by atoms with E-state index in [0.717, 1.165) is 17.8 Å². The maximum absolute atomic E-state index is 12.7. The minimum atomic E-state index is 0.0472. The third kappa shape index (κ3) is 4.20. The van der Waals surface area contributed by atoms with Crippen LogP contribution in [0.1, 0.15) is 41.6 Å². The summed E-state index contributed by atoms with van der Waals surface area (Å²) in [5.41, 5.74) is 4.59. The van der Waals surface area contributed by atoms with E-state index in [-0.39, 0.29) is 11.8 Å². The highest BCUT2D eigenvalue weighted by molar-refractivity contribution is 5.77. The van der Waals surface area contributed by atoms with Crippen molar-refractivity contribution in [1.82, 2.24) is 14.9 Å². The first-order valence-corrected chi connectivity index (χ1v) is 9.05. The summed E-state index contributed by atoms with van der Waals surface area (Å²) in [6, 6.07) is 18.5. The lowest BCUT2D eigenvalue weighted by atomic mass is 9.86. The summed E-state index contributed by atoms with van der Waals surface area (Å²) in [7, 11) is 0. The van der Waals surface area contributed by atoms with E-state index in [0.29, 0.717) is 13.0 Å². The maximum Gasteiger partial charge on any atom is 0.221 e. The molecule has 2 aromatic carbocycles. The quantitative estimate of drug-likeness (QED) is 0.701. The Kier molecular flexibility index (Phi) is 5.84. The van der Waals surface area contributed by atoms with E-state index >= 15 is 0 Å². The third-order valence-electron chi connectivity index (χ3n) is 4.76. The second-order valence-corrected chi connectivity index (χ2v) is 6.47. The number of imidazole rings is 1. The Balaban J connectivity index is 1.76. The fraction of sp³-hybridized carbons (Fsp3) is 0.273. The second kappa shape index (κ2) is 8.48. The van der Waals surface area contributed by atoms with E-state index in [9.17, 15) is 4.79 Å². The molecule has 1 heterocycles. The lowest BCUT2D eigenvalue weighted by Gasteiger charge is -2.20. The van der Waals surface area contributed by atoms with Crippen LogP contribution in [-0.4, -0.2) is 15.5 Å². The molecule has 0 aliphatic heterocycles. The van der Waals surface area contributed by atoms with Crippen LogP contribution in [0.3, 0.4) is 0 Å². The number of hydrogen-bond acceptors (Lipinski definition) is 2. The average Bonchev–Trinajstić information content (AvgIpc) is 3.13. The molecule has 4 nitrogen and oxygen atoms in total. The topological polar surface area (TPSA) is 46.9 Å². The van der Waals surface area contributed by atoms with Gasteiger partial charge in [0.25, 0.3) is 0 Å². The first kappa shape index (κ1) is 17.9. The molecule has 0 radical (unpaired) electrons. The van der Waals surface area contributed by atoms with Crippen molar-refractivity contribution < 1.29 is 4.79 Å². The SMILES string of the molecule is CCn1cncc1CNC(=O)C[C@H](c1ccccc1)c1ccccc1C. The van der Waals surface area contributed by atoms with Crippen molar-refractivity contribution in [2.45, 2.75) is 39.3 Å². The molecule has 26 heavy (non-hydrogen) atoms. The highest BCUT2D eigenvalue weighted by Gasteiger charge is 2.19. The summed E-state index contributed by atoms with van der Waals surface area (Å²) in [5.74, 6) is 0.0967. The van der Waals surface area contributed by atoms with E-state index in [4.69, 9.17) is 0 Å². The summed E-state index contributed by atoms with van der Waals surface area (Å²) in [4.78, 5) is 16.8. The van der Waals surface area contributed by atoms with Crippen molar-refractivity contribution in [3.8, 4) is 0 Å². The van der Waals surface area contributed by atoms with Gasteiger partial charge in [-0.2, -0.15) is 0 Å². The average molecular weight is 347 g/mol. The zero-order chi connectivity index (χ0) is 18.4. The van der Waals surface area contributed by atoms with E-state index < -0.39 is 0 Å². The van der Waals surface area contributed by atoms with Crippen LogP contribution < -0.4 is 5.32 Å². The van der Waals surface area contributed by atoms with Gasteiger partial charge < -0.3 is 9.88 Å². The fourth-order valence-electron chi connectivity index (χ4n) is 3.30. The molecule has 0 saturated carbocycles. The number of aryl methyl sites for hydroxylation is 2. The monoisotopic (exact) mass is 347 g/mol. The van der Waals surface area contributed by atoms with E-state index in [1.54, 1.807) is 12.5 Å². The van der Waals surface area contributed by atoms with Crippen LogP contribution in [0.25, 0.3) is 0 Å². The maximum atomic E-state index is 12.7. The Morgan fingerprint density at radius 3 is 2.58 bits per heavy atom. The van der Waals surface area contributed by atoms with Gasteiger partial charge in [-0.25, -0.2) is 4.98 Å². The zero-order valence-corrected chi connectivity index (χ0v) is 15.4. The number of nitrogens with zero attached hydrogens (tertiary/aromatic N) is 2. The van der Waals surface area contributed by atoms with Crippen molar-refractivity contribution >= 4 is 5.91 Å². The molecule has 1 aromatic heterocycles. The number of nitrogens with one attached hydrogen (secondary N) is 1. The molecule has 0 saturated heterocycles. The van der Waals surface area contributed by atoms with E-state index in [1.165, 1.54) is 11.1 Å². The predicted molar refractivity (Wildman–Crippen MR) is 104 cm³/mol. The minimum absolute atomic E-state index is 0.0472. The molecule has 1 N–H and O–H groups in total. The summed E-state index contributed by atoms with van der Waals surface area (Å²) < 4.78 is 2.04. The number of carbonyl (C=O) groups excluding carboxylic acids is 1. The first-order valence-electron chi connectivity index (χ1n) is 9.05. The standard InChI is InChI=1S/C22H25N3O/c1-3-25-16-23-14-19(25)15-24-22(26)13-21(18-10-5-4-6-11-18)20-12-8-7-9-17(20)2/h4-12,14,16,21H,3,13,15H2,1-2H3,(H,24,26)/t21-/m1/s1. The van der Waals surface area contributed by atoms with Gasteiger partial charge in [-0.3, -0.25) is 4.79 Å². The highest BCUT2D eigenvalue weighted by atomic mass is 16.1. The van der Waals surface area contributed by atoms with Crippen LogP contribution in [0.4, 0.5) is 0 Å². The van der Waals surface area contributed by atoms with Crippen LogP contribution in [0.5, 0.6) is 0 Å². The molecule has 0 fully saturated rings. The smallest absolute Gasteiger partial charge is 0.221 e. The van der Waals surface area contributed by atoms with Gasteiger partial charge in [0.2, 0.25) is 5.91 Å². The number of amides is 1. The minimum Gasteiger partial charge on any atom is -0.350 e. The van der Waals surface area contributed by atoms with Gasteiger partial charge in [-0.1, -0.05) is 54.6 Å². The predicted octanol–water partition coefficient (Wildman–Crippen LogP) is 4.05. The molecule has 3 aromatic rings. The van der Waals surface area contributed by atoms with Crippen LogP contribution >= 0.6 is 0 Å². The van der Waals surface area contributed by atoms with Crippen molar-refractivity contribution in [2.75, 3.05) is 0 Å². The Morgan fingerprint density at radius 2 is 1.85 bits per heavy atom. The largest absolute Gasteiger partial charge is 0.350 e. The molecule has 0 bridgehead atoms. The van der Waals surface area contributed by atoms with Crippen molar-refractivity contribution in [3.63, 3.8) is 0 Å². The van der Waals surface area contributed by atoms with Crippen molar-refractivity contribution in [1.29, 1.82) is 0 Å². The molecule has 3 rings (SSSR count). The van der Waals surface area contributed by atoms with Crippen molar-refractivity contribution in [3.05, 3.63) is 89.5 Å². The molecular weight excluding hydrogens is 322 g/mol. The molecule has 0 spiro atoms. The summed E-state index contributed by atoms with van der Waals surface area (Å²) in [6.07, 6.45) is 4.02. The molecule has 1 atom stereocenters. The Morgan fingerprint density at radius 1 is 1.12 bits per heavy atom. The number of aromatic nitrogens is 2. The van der Waals surface area contributed by atoms with Crippen LogP contribution in [-0.2, 0) is 17.9 Å². The van der Waals surface area contributed by atoms with Crippen LogP contribution in [0.15, 0.2) is 67.1 Å². The van der Waals surface area contributed by atoms with Gasteiger partial charge >= 0.3 is 0 Å². The molecular formula is C22H25N3O. The number of carbonyl (C=O) groups is 1. The normalized spacial score (nSPS) is 11.9. The van der Waals surface area contributed by atoms with Gasteiger partial charge in [-0.05, 0) is 30.5 Å². The van der Waals surface area contributed by atoms with Crippen LogP contribution in [0, 0.1) is 6.92 Å². The van der Waals surface area contributed by atoms with Crippen LogP contribution in [0.2, 0.25) is 0 Å². The number of rotatable bonds is 7. The second-order valence-electron chi connectivity index (χ2n) is 6.47. The number of benzene rings is 2. The lowest BCUT2D eigenvalue weighted by Crippen LogP contribution is -2.26. The van der Waals surface area contributed by atoms with E-state index in [1.807, 2.05) is 34.9 Å². The molecule has 1 amide bonds. The first-order chi connectivity index (χ1) is 12.7. The third-order valence-corrected chi connectivity index (χ3v) is 4.76. The zero-order valence-electron chi connectivity index (χ0n) is 15.4. The van der Waals surface area contributed by atoms with Gasteiger partial charge in [-0.15, -0.1) is 0 Å². The molecule has 134 valence electrons. The summed E-state index contributed by atoms with van der Waals surface area (Å²) in [5, 5.41) is 3.05. The summed E-state index contributed by atoms with van der Waals surface area (Å²) in [6.45, 7) is 5.52. The van der Waals surface area contributed by atoms with E-state index in [2.05, 4.69) is 48.4 Å². The molecule has 0 unspecified atom stereocenters. The lowest BCUT2D eigenvalue weighted by molar-refractivity contribution is -0.121. The molecule has 0 aliphatic carbocycles. The number of hydrogen-bond donors (Lipinski definition) is 1. The fourth-order valence-corrected chi connectivity index (χ4v) is 3.30. The Hall–Kier alpha value is -2.88.